The molecule has 12 heavy (non-hydrogen) atoms. The molecule has 0 aromatic heterocycles. The SMILES string of the molecule is O=S(=O)(O)O.O=S(O)O.[NaH].[NaH].[O]. The van der Waals surface area contributed by atoms with E-state index in [0.29, 0.717) is 0 Å². The van der Waals surface area contributed by atoms with Gasteiger partial charge in [0.1, 0.15) is 0 Å². The fraction of sp³-hybridized carbons (Fsp3) is 0. The predicted octanol–water partition coefficient (Wildman–Crippen LogP) is -2.39. The second-order valence-electron chi connectivity index (χ2n) is 0.679. The topological polar surface area (TPSA) is 161 Å². The fourth-order valence-electron chi connectivity index (χ4n) is 0. The summed E-state index contributed by atoms with van der Waals surface area (Å²) in [6.07, 6.45) is 0. The summed E-state index contributed by atoms with van der Waals surface area (Å²) in [6.45, 7) is 0. The Morgan fingerprint density at radius 3 is 1.00 bits per heavy atom. The van der Waals surface area contributed by atoms with Gasteiger partial charge in [-0.15, -0.1) is 0 Å². The first-order chi connectivity index (χ1) is 3.73. The van der Waals surface area contributed by atoms with E-state index < -0.39 is 21.8 Å². The molecule has 0 heterocycles. The van der Waals surface area contributed by atoms with Gasteiger partial charge in [-0.25, -0.2) is 0 Å². The minimum Gasteiger partial charge on any atom is 0 e. The standard InChI is InChI=1S/2Na.H2O4S.H2O3S.O.2H/c;;1-5(2,3)4;1-4(2)3;;;/h;;(H2,1,2,3,4);(H2,1,2,3);;;. The smallest absolute Gasteiger partial charge is 0 e. The summed E-state index contributed by atoms with van der Waals surface area (Å²) in [6, 6.07) is 0. The molecule has 0 unspecified atom stereocenters. The van der Waals surface area contributed by atoms with Crippen molar-refractivity contribution >= 4 is 80.9 Å². The third-order valence-electron chi connectivity index (χ3n) is 0. The van der Waals surface area contributed by atoms with Crippen LogP contribution < -0.4 is 0 Å². The summed E-state index contributed by atoms with van der Waals surface area (Å²) >= 11 is -2.61. The summed E-state index contributed by atoms with van der Waals surface area (Å²) in [4.78, 5) is 0. The van der Waals surface area contributed by atoms with Gasteiger partial charge < -0.3 is 0 Å². The third-order valence-corrected chi connectivity index (χ3v) is 0. The van der Waals surface area contributed by atoms with Gasteiger partial charge in [-0.1, -0.05) is 0 Å². The van der Waals surface area contributed by atoms with E-state index >= 15 is 0 Å². The fourth-order valence-corrected chi connectivity index (χ4v) is 0. The second-order valence-corrected chi connectivity index (χ2v) is 2.04. The van der Waals surface area contributed by atoms with Gasteiger partial charge in [0.15, 0.2) is 0 Å². The quantitative estimate of drug-likeness (QED) is 0.210. The predicted molar refractivity (Wildman–Crippen MR) is 42.6 cm³/mol. The van der Waals surface area contributed by atoms with Crippen LogP contribution >= 0.6 is 0 Å². The Morgan fingerprint density at radius 1 is 1.00 bits per heavy atom. The van der Waals surface area contributed by atoms with Crippen molar-refractivity contribution in [2.45, 2.75) is 0 Å². The van der Waals surface area contributed by atoms with Gasteiger partial charge in [0.05, 0.1) is 0 Å². The summed E-state index contributed by atoms with van der Waals surface area (Å²) < 4.78 is 54.4. The van der Waals surface area contributed by atoms with Crippen LogP contribution in [0.1, 0.15) is 0 Å². The Hall–Kier alpha value is 1.90. The molecule has 4 N–H and O–H groups in total. The molecule has 0 atom stereocenters. The van der Waals surface area contributed by atoms with E-state index in [-0.39, 0.29) is 64.6 Å². The molecule has 0 aromatic rings. The molecule has 0 saturated heterocycles. The first-order valence-corrected chi connectivity index (χ1v) is 3.69. The van der Waals surface area contributed by atoms with Gasteiger partial charge in [-0.3, -0.25) is 18.2 Å². The van der Waals surface area contributed by atoms with Crippen molar-refractivity contribution in [1.29, 1.82) is 0 Å². The van der Waals surface area contributed by atoms with Crippen LogP contribution in [0.2, 0.25) is 0 Å². The van der Waals surface area contributed by atoms with Crippen LogP contribution in [0.3, 0.4) is 0 Å². The van der Waals surface area contributed by atoms with Crippen LogP contribution in [0.25, 0.3) is 0 Å². The monoisotopic (exact) mass is 244 g/mol. The van der Waals surface area contributed by atoms with E-state index in [4.69, 9.17) is 30.8 Å². The first kappa shape index (κ1) is 29.2. The molecule has 2 radical (unpaired) electrons. The minimum atomic E-state index is -4.67. The molecule has 8 nitrogen and oxygen atoms in total. The van der Waals surface area contributed by atoms with Crippen LogP contribution in [0.4, 0.5) is 0 Å². The third kappa shape index (κ3) is 392. The molecule has 68 valence electrons. The van der Waals surface area contributed by atoms with Gasteiger partial charge in [0.25, 0.3) is 11.4 Å². The summed E-state index contributed by atoms with van der Waals surface area (Å²) in [5.74, 6) is 0. The molecule has 0 aliphatic rings. The van der Waals surface area contributed by atoms with E-state index in [1.165, 1.54) is 0 Å². The molecule has 0 amide bonds. The van der Waals surface area contributed by atoms with E-state index in [0.717, 1.165) is 0 Å². The maximum Gasteiger partial charge on any atom is 0 e. The molecule has 0 fully saturated rings. The zero-order chi connectivity index (χ0) is 8.08. The van der Waals surface area contributed by atoms with Crippen molar-refractivity contribution in [2.24, 2.45) is 0 Å². The van der Waals surface area contributed by atoms with Crippen molar-refractivity contribution in [2.75, 3.05) is 0 Å². The van der Waals surface area contributed by atoms with Crippen molar-refractivity contribution in [3.63, 3.8) is 0 Å². The van der Waals surface area contributed by atoms with Crippen molar-refractivity contribution in [3.05, 3.63) is 0 Å². The van der Waals surface area contributed by atoms with Gasteiger partial charge in [0.2, 0.25) is 0 Å². The molecule has 0 aliphatic carbocycles. The zero-order valence-electron chi connectivity index (χ0n) is 4.24. The molecule has 0 saturated carbocycles. The second kappa shape index (κ2) is 15.4. The average Bonchev–Trinajstić information content (AvgIpc) is 1.19. The Bertz CT molecular complexity index is 157. The van der Waals surface area contributed by atoms with Gasteiger partial charge in [0, 0.05) is 5.48 Å². The van der Waals surface area contributed by atoms with Crippen LogP contribution in [0.15, 0.2) is 0 Å². The number of rotatable bonds is 0. The van der Waals surface area contributed by atoms with Crippen molar-refractivity contribution in [3.8, 4) is 0 Å². The average molecular weight is 244 g/mol. The molecular formula is H6Na2O8S2. The molecular weight excluding hydrogens is 238 g/mol. The Kier molecular flexibility index (Phi) is 37.4. The molecule has 0 aromatic carbocycles. The molecule has 0 bridgehead atoms. The van der Waals surface area contributed by atoms with Crippen LogP contribution in [-0.2, 0) is 27.2 Å². The van der Waals surface area contributed by atoms with Gasteiger partial charge in [-0.2, -0.15) is 12.6 Å². The maximum atomic E-state index is 8.74. The van der Waals surface area contributed by atoms with Crippen LogP contribution in [0, 0.1) is 0 Å². The number of hydrogen-bond acceptors (Lipinski definition) is 3. The summed E-state index contributed by atoms with van der Waals surface area (Å²) in [5, 5.41) is 0. The molecule has 12 heteroatoms. The van der Waals surface area contributed by atoms with Crippen molar-refractivity contribution < 1.29 is 36.3 Å². The normalized spacial score (nSPS) is 7.75. The summed E-state index contributed by atoms with van der Waals surface area (Å²) in [7, 11) is -4.67. The zero-order valence-corrected chi connectivity index (χ0v) is 5.87. The first-order valence-electron chi connectivity index (χ1n) is 1.23. The Morgan fingerprint density at radius 2 is 1.00 bits per heavy atom. The Labute approximate surface area is 116 Å². The van der Waals surface area contributed by atoms with Gasteiger partial charge >= 0.3 is 69.5 Å². The van der Waals surface area contributed by atoms with E-state index in [1.54, 1.807) is 0 Å². The van der Waals surface area contributed by atoms with E-state index in [2.05, 4.69) is 0 Å². The number of hydrogen-bond donors (Lipinski definition) is 4. The largest absolute Gasteiger partial charge is 0 e. The summed E-state index contributed by atoms with van der Waals surface area (Å²) in [5.41, 5.74) is 0. The molecule has 0 spiro atoms. The molecule has 0 rings (SSSR count). The van der Waals surface area contributed by atoms with Gasteiger partial charge in [-0.05, 0) is 0 Å². The van der Waals surface area contributed by atoms with E-state index in [1.807, 2.05) is 0 Å². The van der Waals surface area contributed by atoms with Crippen LogP contribution in [0.5, 0.6) is 0 Å². The Balaban J connectivity index is -0.0000000221. The van der Waals surface area contributed by atoms with Crippen LogP contribution in [-0.4, -0.2) is 90.0 Å². The maximum absolute atomic E-state index is 8.74. The van der Waals surface area contributed by atoms with E-state index in [9.17, 15) is 0 Å². The van der Waals surface area contributed by atoms with Crippen molar-refractivity contribution in [1.82, 2.24) is 0 Å². The molecule has 0 aliphatic heterocycles. The minimum absolute atomic E-state index is 0.